The third kappa shape index (κ3) is 4.82. The maximum absolute atomic E-state index is 13.0. The van der Waals surface area contributed by atoms with Crippen molar-refractivity contribution in [3.63, 3.8) is 0 Å². The van der Waals surface area contributed by atoms with E-state index < -0.39 is 0 Å². The Morgan fingerprint density at radius 3 is 2.59 bits per heavy atom. The monoisotopic (exact) mass is 300 g/mol. The Hall–Kier alpha value is -2.46. The molecule has 0 aromatic heterocycles. The number of hydrogen-bond acceptors (Lipinski definition) is 3. The number of benzene rings is 2. The largest absolute Gasteiger partial charge is 0.491 e. The second-order valence-electron chi connectivity index (χ2n) is 4.62. The van der Waals surface area contributed by atoms with Crippen LogP contribution in [0.1, 0.15) is 15.9 Å². The Morgan fingerprint density at radius 1 is 1.14 bits per heavy atom. The fourth-order valence-electron chi connectivity index (χ4n) is 1.84. The highest BCUT2D eigenvalue weighted by Crippen LogP contribution is 2.13. The van der Waals surface area contributed by atoms with Crippen molar-refractivity contribution < 1.29 is 18.7 Å². The second kappa shape index (κ2) is 8.10. The lowest BCUT2D eigenvalue weighted by Crippen LogP contribution is -2.04. The summed E-state index contributed by atoms with van der Waals surface area (Å²) in [6.45, 7) is 0.973. The van der Waals surface area contributed by atoms with Crippen molar-refractivity contribution in [3.05, 3.63) is 71.6 Å². The summed E-state index contributed by atoms with van der Waals surface area (Å²) in [5.41, 5.74) is 1.19. The number of methoxy groups -OCH3 is 1. The van der Waals surface area contributed by atoms with Gasteiger partial charge < -0.3 is 9.47 Å². The maximum Gasteiger partial charge on any atom is 0.185 e. The number of carbonyl (C=O) groups is 1. The molecule has 0 saturated heterocycles. The summed E-state index contributed by atoms with van der Waals surface area (Å²) in [5.74, 6) is 0.211. The Balaban J connectivity index is 1.97. The van der Waals surface area contributed by atoms with Crippen molar-refractivity contribution in [1.82, 2.24) is 0 Å². The van der Waals surface area contributed by atoms with Gasteiger partial charge in [0.15, 0.2) is 5.78 Å². The minimum absolute atomic E-state index is 0.146. The number of rotatable bonds is 7. The van der Waals surface area contributed by atoms with Gasteiger partial charge >= 0.3 is 0 Å². The summed E-state index contributed by atoms with van der Waals surface area (Å²) >= 11 is 0. The van der Waals surface area contributed by atoms with Gasteiger partial charge in [-0.05, 0) is 48.0 Å². The number of ether oxygens (including phenoxy) is 2. The molecule has 0 bridgehead atoms. The molecule has 2 aromatic rings. The van der Waals surface area contributed by atoms with Crippen molar-refractivity contribution in [2.24, 2.45) is 0 Å². The number of hydrogen-bond donors (Lipinski definition) is 0. The Bertz CT molecular complexity index is 648. The van der Waals surface area contributed by atoms with E-state index in [4.69, 9.17) is 9.47 Å². The van der Waals surface area contributed by atoms with Crippen LogP contribution in [0.25, 0.3) is 6.08 Å². The van der Waals surface area contributed by atoms with E-state index in [9.17, 15) is 9.18 Å². The molecule has 0 saturated carbocycles. The zero-order chi connectivity index (χ0) is 15.8. The first-order valence-electron chi connectivity index (χ1n) is 6.89. The molecule has 0 atom stereocenters. The van der Waals surface area contributed by atoms with E-state index in [-0.39, 0.29) is 11.6 Å². The summed E-state index contributed by atoms with van der Waals surface area (Å²) in [7, 11) is 1.61. The molecule has 4 heteroatoms. The van der Waals surface area contributed by atoms with E-state index in [2.05, 4.69) is 0 Å². The van der Waals surface area contributed by atoms with E-state index in [0.717, 1.165) is 0 Å². The van der Waals surface area contributed by atoms with Gasteiger partial charge in [-0.3, -0.25) is 4.79 Å². The smallest absolute Gasteiger partial charge is 0.185 e. The zero-order valence-electron chi connectivity index (χ0n) is 12.3. The van der Waals surface area contributed by atoms with Crippen LogP contribution in [0, 0.1) is 5.82 Å². The summed E-state index contributed by atoms with van der Waals surface area (Å²) in [6.07, 6.45) is 3.02. The second-order valence-corrected chi connectivity index (χ2v) is 4.62. The van der Waals surface area contributed by atoms with Gasteiger partial charge in [0.2, 0.25) is 0 Å². The highest BCUT2D eigenvalue weighted by atomic mass is 19.1. The minimum Gasteiger partial charge on any atom is -0.491 e. The van der Waals surface area contributed by atoms with Crippen molar-refractivity contribution in [2.75, 3.05) is 20.3 Å². The van der Waals surface area contributed by atoms with Gasteiger partial charge in [0.05, 0.1) is 6.61 Å². The van der Waals surface area contributed by atoms with Crippen LogP contribution >= 0.6 is 0 Å². The summed E-state index contributed by atoms with van der Waals surface area (Å²) in [4.78, 5) is 12.0. The van der Waals surface area contributed by atoms with E-state index in [1.807, 2.05) is 0 Å². The van der Waals surface area contributed by atoms with E-state index >= 15 is 0 Å². The maximum atomic E-state index is 13.0. The molecule has 0 heterocycles. The lowest BCUT2D eigenvalue weighted by atomic mass is 10.1. The first kappa shape index (κ1) is 15.9. The van der Waals surface area contributed by atoms with Gasteiger partial charge in [-0.15, -0.1) is 0 Å². The van der Waals surface area contributed by atoms with Crippen LogP contribution in [-0.2, 0) is 4.74 Å². The first-order valence-corrected chi connectivity index (χ1v) is 6.89. The lowest BCUT2D eigenvalue weighted by molar-refractivity contribution is 0.104. The van der Waals surface area contributed by atoms with Crippen molar-refractivity contribution in [3.8, 4) is 5.75 Å². The SMILES string of the molecule is COCCOc1ccc(C(=O)/C=C/c2cccc(F)c2)cc1. The number of carbonyl (C=O) groups excluding carboxylic acids is 1. The number of allylic oxidation sites excluding steroid dienone is 1. The van der Waals surface area contributed by atoms with Crippen LogP contribution in [0.3, 0.4) is 0 Å². The third-order valence-electron chi connectivity index (χ3n) is 2.97. The number of ketones is 1. The van der Waals surface area contributed by atoms with Crippen molar-refractivity contribution >= 4 is 11.9 Å². The molecule has 0 amide bonds. The standard InChI is InChI=1S/C18H17FO3/c1-21-11-12-22-17-8-6-15(7-9-17)18(20)10-5-14-3-2-4-16(19)13-14/h2-10,13H,11-12H2,1H3/b10-5+. The average Bonchev–Trinajstić information content (AvgIpc) is 2.54. The van der Waals surface area contributed by atoms with E-state index in [1.165, 1.54) is 18.2 Å². The Morgan fingerprint density at radius 2 is 1.91 bits per heavy atom. The zero-order valence-corrected chi connectivity index (χ0v) is 12.3. The Labute approximate surface area is 129 Å². The quantitative estimate of drug-likeness (QED) is 0.444. The van der Waals surface area contributed by atoms with Crippen molar-refractivity contribution in [1.29, 1.82) is 0 Å². The molecule has 2 aromatic carbocycles. The average molecular weight is 300 g/mol. The van der Waals surface area contributed by atoms with Crippen molar-refractivity contribution in [2.45, 2.75) is 0 Å². The topological polar surface area (TPSA) is 35.5 Å². The molecule has 0 aliphatic carbocycles. The predicted octanol–water partition coefficient (Wildman–Crippen LogP) is 3.75. The third-order valence-corrected chi connectivity index (χ3v) is 2.97. The van der Waals surface area contributed by atoms with Gasteiger partial charge in [-0.25, -0.2) is 4.39 Å². The first-order chi connectivity index (χ1) is 10.7. The molecule has 0 aliphatic rings. The van der Waals surface area contributed by atoms with E-state index in [0.29, 0.717) is 30.1 Å². The van der Waals surface area contributed by atoms with Gasteiger partial charge in [0.1, 0.15) is 18.2 Å². The Kier molecular flexibility index (Phi) is 5.86. The van der Waals surface area contributed by atoms with Gasteiger partial charge in [-0.2, -0.15) is 0 Å². The fourth-order valence-corrected chi connectivity index (χ4v) is 1.84. The molecule has 0 aliphatic heterocycles. The molecular weight excluding hydrogens is 283 g/mol. The van der Waals surface area contributed by atoms with Crippen LogP contribution in [-0.4, -0.2) is 26.1 Å². The summed E-state index contributed by atoms with van der Waals surface area (Å²) in [6, 6.07) is 12.9. The van der Waals surface area contributed by atoms with Crippen LogP contribution in [0.5, 0.6) is 5.75 Å². The molecule has 2 rings (SSSR count). The molecular formula is C18H17FO3. The predicted molar refractivity (Wildman–Crippen MR) is 83.6 cm³/mol. The molecule has 114 valence electrons. The van der Waals surface area contributed by atoms with Crippen LogP contribution in [0.4, 0.5) is 4.39 Å². The van der Waals surface area contributed by atoms with Gasteiger partial charge in [0.25, 0.3) is 0 Å². The minimum atomic E-state index is -0.327. The molecule has 0 unspecified atom stereocenters. The molecule has 0 N–H and O–H groups in total. The molecule has 22 heavy (non-hydrogen) atoms. The molecule has 0 radical (unpaired) electrons. The number of halogens is 1. The van der Waals surface area contributed by atoms with Gasteiger partial charge in [-0.1, -0.05) is 18.2 Å². The molecule has 0 spiro atoms. The summed E-state index contributed by atoms with van der Waals surface area (Å²) in [5, 5.41) is 0. The molecule has 3 nitrogen and oxygen atoms in total. The van der Waals surface area contributed by atoms with Gasteiger partial charge in [0, 0.05) is 12.7 Å². The normalized spacial score (nSPS) is 10.8. The fraction of sp³-hybridized carbons (Fsp3) is 0.167. The summed E-state index contributed by atoms with van der Waals surface area (Å²) < 4.78 is 23.4. The van der Waals surface area contributed by atoms with Crippen LogP contribution < -0.4 is 4.74 Å². The highest BCUT2D eigenvalue weighted by molar-refractivity contribution is 6.06. The highest BCUT2D eigenvalue weighted by Gasteiger charge is 2.02. The van der Waals surface area contributed by atoms with Crippen LogP contribution in [0.15, 0.2) is 54.6 Å². The molecule has 0 fully saturated rings. The lowest BCUT2D eigenvalue weighted by Gasteiger charge is -2.05. The van der Waals surface area contributed by atoms with E-state index in [1.54, 1.807) is 49.6 Å². The van der Waals surface area contributed by atoms with Crippen LogP contribution in [0.2, 0.25) is 0 Å².